The molecule has 1 aromatic rings. The SMILES string of the molecule is O=CNc1ccccc1Cl. The maximum atomic E-state index is 9.96. The van der Waals surface area contributed by atoms with Gasteiger partial charge in [-0.15, -0.1) is 0 Å². The second-order valence-corrected chi connectivity index (χ2v) is 2.15. The number of anilines is 1. The van der Waals surface area contributed by atoms with Gasteiger partial charge in [-0.3, -0.25) is 4.79 Å². The molecule has 0 saturated heterocycles. The van der Waals surface area contributed by atoms with E-state index in [1.54, 1.807) is 24.3 Å². The molecule has 0 aromatic heterocycles. The van der Waals surface area contributed by atoms with E-state index in [0.29, 0.717) is 17.1 Å². The van der Waals surface area contributed by atoms with Crippen molar-refractivity contribution in [1.29, 1.82) is 0 Å². The first-order valence-electron chi connectivity index (χ1n) is 2.79. The lowest BCUT2D eigenvalue weighted by molar-refractivity contribution is -0.105. The molecule has 52 valence electrons. The first-order valence-corrected chi connectivity index (χ1v) is 3.17. The van der Waals surface area contributed by atoms with Crippen molar-refractivity contribution in [2.24, 2.45) is 0 Å². The van der Waals surface area contributed by atoms with E-state index in [0.717, 1.165) is 0 Å². The Balaban J connectivity index is 2.91. The van der Waals surface area contributed by atoms with Gasteiger partial charge < -0.3 is 5.32 Å². The van der Waals surface area contributed by atoms with Crippen LogP contribution in [-0.4, -0.2) is 6.41 Å². The molecule has 0 aliphatic carbocycles. The van der Waals surface area contributed by atoms with Gasteiger partial charge in [-0.25, -0.2) is 0 Å². The number of hydrogen-bond donors (Lipinski definition) is 1. The zero-order chi connectivity index (χ0) is 7.40. The minimum Gasteiger partial charge on any atom is -0.327 e. The average Bonchev–Trinajstić information content (AvgIpc) is 1.94. The van der Waals surface area contributed by atoms with Crippen LogP contribution in [0.4, 0.5) is 5.69 Å². The number of benzene rings is 1. The van der Waals surface area contributed by atoms with E-state index in [2.05, 4.69) is 5.32 Å². The van der Waals surface area contributed by atoms with Gasteiger partial charge in [0.1, 0.15) is 0 Å². The molecule has 1 N–H and O–H groups in total. The molecular formula is C7H6ClNO. The van der Waals surface area contributed by atoms with Crippen LogP contribution >= 0.6 is 11.6 Å². The number of rotatable bonds is 2. The van der Waals surface area contributed by atoms with E-state index >= 15 is 0 Å². The number of para-hydroxylation sites is 1. The number of carbonyl (C=O) groups is 1. The molecule has 0 saturated carbocycles. The van der Waals surface area contributed by atoms with E-state index in [1.165, 1.54) is 0 Å². The fourth-order valence-electron chi connectivity index (χ4n) is 0.642. The quantitative estimate of drug-likeness (QED) is 0.650. The van der Waals surface area contributed by atoms with Crippen LogP contribution in [0.25, 0.3) is 0 Å². The molecule has 0 atom stereocenters. The Bertz CT molecular complexity index is 237. The predicted octanol–water partition coefficient (Wildman–Crippen LogP) is 1.91. The van der Waals surface area contributed by atoms with Crippen molar-refractivity contribution < 1.29 is 4.79 Å². The molecule has 0 fully saturated rings. The van der Waals surface area contributed by atoms with Crippen molar-refractivity contribution in [2.45, 2.75) is 0 Å². The Morgan fingerprint density at radius 2 is 2.10 bits per heavy atom. The monoisotopic (exact) mass is 155 g/mol. The third-order valence-electron chi connectivity index (χ3n) is 1.09. The van der Waals surface area contributed by atoms with Gasteiger partial charge >= 0.3 is 0 Å². The zero-order valence-corrected chi connectivity index (χ0v) is 5.93. The lowest BCUT2D eigenvalue weighted by atomic mass is 10.3. The molecule has 0 aliphatic rings. The van der Waals surface area contributed by atoms with Crippen molar-refractivity contribution in [2.75, 3.05) is 5.32 Å². The van der Waals surface area contributed by atoms with Gasteiger partial charge in [0.05, 0.1) is 10.7 Å². The smallest absolute Gasteiger partial charge is 0.211 e. The largest absolute Gasteiger partial charge is 0.327 e. The molecule has 1 aromatic carbocycles. The Morgan fingerprint density at radius 3 is 2.70 bits per heavy atom. The van der Waals surface area contributed by atoms with E-state index in [1.807, 2.05) is 0 Å². The Morgan fingerprint density at radius 1 is 1.40 bits per heavy atom. The van der Waals surface area contributed by atoms with Crippen LogP contribution in [0, 0.1) is 0 Å². The minimum atomic E-state index is 0.551. The second kappa shape index (κ2) is 3.22. The number of amides is 1. The molecule has 1 amide bonds. The normalized spacial score (nSPS) is 8.90. The fraction of sp³-hybridized carbons (Fsp3) is 0. The van der Waals surface area contributed by atoms with Crippen molar-refractivity contribution in [1.82, 2.24) is 0 Å². The van der Waals surface area contributed by atoms with Crippen LogP contribution in [0.3, 0.4) is 0 Å². The van der Waals surface area contributed by atoms with Crippen LogP contribution in [0.15, 0.2) is 24.3 Å². The Hall–Kier alpha value is -1.02. The van der Waals surface area contributed by atoms with Gasteiger partial charge in [0.15, 0.2) is 0 Å². The van der Waals surface area contributed by atoms with Crippen LogP contribution in [0.1, 0.15) is 0 Å². The number of hydrogen-bond acceptors (Lipinski definition) is 1. The lowest BCUT2D eigenvalue weighted by Gasteiger charge is -1.98. The molecule has 0 bridgehead atoms. The highest BCUT2D eigenvalue weighted by molar-refractivity contribution is 6.33. The summed E-state index contributed by atoms with van der Waals surface area (Å²) in [6.45, 7) is 0. The Labute approximate surface area is 63.8 Å². The molecule has 2 nitrogen and oxygen atoms in total. The summed E-state index contributed by atoms with van der Waals surface area (Å²) in [4.78, 5) is 9.96. The van der Waals surface area contributed by atoms with Gasteiger partial charge in [0.2, 0.25) is 6.41 Å². The van der Waals surface area contributed by atoms with Gasteiger partial charge in [0.25, 0.3) is 0 Å². The number of nitrogens with one attached hydrogen (secondary N) is 1. The summed E-state index contributed by atoms with van der Waals surface area (Å²) in [5.41, 5.74) is 0.638. The van der Waals surface area contributed by atoms with Crippen molar-refractivity contribution in [3.8, 4) is 0 Å². The van der Waals surface area contributed by atoms with Gasteiger partial charge in [-0.1, -0.05) is 23.7 Å². The van der Waals surface area contributed by atoms with E-state index in [4.69, 9.17) is 11.6 Å². The first-order chi connectivity index (χ1) is 4.84. The van der Waals surface area contributed by atoms with Crippen LogP contribution < -0.4 is 5.32 Å². The summed E-state index contributed by atoms with van der Waals surface area (Å²) in [7, 11) is 0. The van der Waals surface area contributed by atoms with E-state index in [9.17, 15) is 4.79 Å². The van der Waals surface area contributed by atoms with Crippen LogP contribution in [-0.2, 0) is 4.79 Å². The number of halogens is 1. The van der Waals surface area contributed by atoms with E-state index in [-0.39, 0.29) is 0 Å². The van der Waals surface area contributed by atoms with Crippen LogP contribution in [0.5, 0.6) is 0 Å². The van der Waals surface area contributed by atoms with Crippen molar-refractivity contribution in [3.63, 3.8) is 0 Å². The molecule has 0 unspecified atom stereocenters. The molecular weight excluding hydrogens is 150 g/mol. The van der Waals surface area contributed by atoms with Gasteiger partial charge in [-0.2, -0.15) is 0 Å². The zero-order valence-electron chi connectivity index (χ0n) is 5.17. The topological polar surface area (TPSA) is 29.1 Å². The summed E-state index contributed by atoms with van der Waals surface area (Å²) in [5.74, 6) is 0. The first kappa shape index (κ1) is 7.09. The minimum absolute atomic E-state index is 0.551. The van der Waals surface area contributed by atoms with E-state index < -0.39 is 0 Å². The maximum Gasteiger partial charge on any atom is 0.211 e. The second-order valence-electron chi connectivity index (χ2n) is 1.74. The average molecular weight is 156 g/mol. The third-order valence-corrected chi connectivity index (χ3v) is 1.42. The molecule has 0 spiro atoms. The molecule has 1 rings (SSSR count). The third kappa shape index (κ3) is 1.48. The Kier molecular flexibility index (Phi) is 2.29. The lowest BCUT2D eigenvalue weighted by Crippen LogP contribution is -1.93. The summed E-state index contributed by atoms with van der Waals surface area (Å²) >= 11 is 5.68. The summed E-state index contributed by atoms with van der Waals surface area (Å²) < 4.78 is 0. The summed E-state index contributed by atoms with van der Waals surface area (Å²) in [6, 6.07) is 7.06. The van der Waals surface area contributed by atoms with Gasteiger partial charge in [-0.05, 0) is 12.1 Å². The molecule has 3 heteroatoms. The van der Waals surface area contributed by atoms with Crippen LogP contribution in [0.2, 0.25) is 5.02 Å². The maximum absolute atomic E-state index is 9.96. The summed E-state index contributed by atoms with van der Waals surface area (Å²) in [6.07, 6.45) is 0.598. The highest BCUT2D eigenvalue weighted by atomic mass is 35.5. The number of carbonyl (C=O) groups excluding carboxylic acids is 1. The fourth-order valence-corrected chi connectivity index (χ4v) is 0.832. The summed E-state index contributed by atoms with van der Waals surface area (Å²) in [5, 5.41) is 3.01. The molecule has 10 heavy (non-hydrogen) atoms. The predicted molar refractivity (Wildman–Crippen MR) is 41.1 cm³/mol. The van der Waals surface area contributed by atoms with Gasteiger partial charge in [0, 0.05) is 0 Å². The molecule has 0 heterocycles. The molecule has 0 radical (unpaired) electrons. The molecule has 0 aliphatic heterocycles. The van der Waals surface area contributed by atoms with Crippen molar-refractivity contribution >= 4 is 23.7 Å². The highest BCUT2D eigenvalue weighted by Crippen LogP contribution is 2.19. The highest BCUT2D eigenvalue weighted by Gasteiger charge is 1.93. The standard InChI is InChI=1S/C7H6ClNO/c8-6-3-1-2-4-7(6)9-5-10/h1-5H,(H,9,10). The van der Waals surface area contributed by atoms with Crippen molar-refractivity contribution in [3.05, 3.63) is 29.3 Å².